The fourth-order valence-electron chi connectivity index (χ4n) is 3.25. The average molecular weight is 565 g/mol. The first-order valence-corrected chi connectivity index (χ1v) is 13.0. The molecule has 0 N–H and O–H groups in total. The number of amides is 1. The van der Waals surface area contributed by atoms with Gasteiger partial charge in [0.15, 0.2) is 11.5 Å². The second-order valence-corrected chi connectivity index (χ2v) is 9.89. The highest BCUT2D eigenvalue weighted by Crippen LogP contribution is 2.35. The Morgan fingerprint density at radius 2 is 1.94 bits per heavy atom. The van der Waals surface area contributed by atoms with Crippen LogP contribution in [0.5, 0.6) is 11.5 Å². The topological polar surface area (TPSA) is 65.1 Å². The van der Waals surface area contributed by atoms with Crippen LogP contribution in [-0.2, 0) is 20.9 Å². The van der Waals surface area contributed by atoms with Crippen LogP contribution in [0.15, 0.2) is 51.8 Å². The maximum absolute atomic E-state index is 12.9. The number of carbonyl (C=O) groups excluding carboxylic acids is 2. The van der Waals surface area contributed by atoms with Crippen molar-refractivity contribution in [3.8, 4) is 11.5 Å². The third-order valence-corrected chi connectivity index (χ3v) is 6.66. The maximum atomic E-state index is 12.9. The molecular weight excluding hydrogens is 538 g/mol. The van der Waals surface area contributed by atoms with Gasteiger partial charge < -0.3 is 14.2 Å². The monoisotopic (exact) mass is 563 g/mol. The molecule has 0 aliphatic carbocycles. The third-order valence-electron chi connectivity index (χ3n) is 4.79. The van der Waals surface area contributed by atoms with Crippen LogP contribution in [0.1, 0.15) is 37.8 Å². The molecule has 1 saturated heterocycles. The molecule has 34 heavy (non-hydrogen) atoms. The molecule has 2 aromatic carbocycles. The molecule has 2 aromatic rings. The Morgan fingerprint density at radius 1 is 1.12 bits per heavy atom. The standard InChI is InChI=1S/C25H26BrNO5S2/c1-3-30-21-14-17(10-11-20(21)32-16-18-7-5-8-19(26)13-18)15-22-24(29)27(25(33)34-22)12-6-9-23(28)31-4-2/h5,7-8,10-11,13-15H,3-4,6,9,12,16H2,1-2H3/b22-15+. The predicted octanol–water partition coefficient (Wildman–Crippen LogP) is 5.97. The second-order valence-electron chi connectivity index (χ2n) is 7.30. The molecule has 0 saturated carbocycles. The van der Waals surface area contributed by atoms with Gasteiger partial charge in [0.2, 0.25) is 0 Å². The molecule has 180 valence electrons. The lowest BCUT2D eigenvalue weighted by Crippen LogP contribution is -2.29. The van der Waals surface area contributed by atoms with Crippen molar-refractivity contribution in [1.82, 2.24) is 4.90 Å². The van der Waals surface area contributed by atoms with E-state index in [2.05, 4.69) is 15.9 Å². The number of ether oxygens (including phenoxy) is 3. The van der Waals surface area contributed by atoms with Gasteiger partial charge in [-0.3, -0.25) is 14.5 Å². The van der Waals surface area contributed by atoms with Crippen molar-refractivity contribution in [2.24, 2.45) is 0 Å². The molecule has 3 rings (SSSR count). The van der Waals surface area contributed by atoms with Gasteiger partial charge in [-0.05, 0) is 61.7 Å². The molecular formula is C25H26BrNO5S2. The van der Waals surface area contributed by atoms with Crippen LogP contribution in [0, 0.1) is 0 Å². The lowest BCUT2D eigenvalue weighted by molar-refractivity contribution is -0.143. The Balaban J connectivity index is 1.68. The molecule has 1 aliphatic rings. The van der Waals surface area contributed by atoms with Gasteiger partial charge in [-0.25, -0.2) is 0 Å². The van der Waals surface area contributed by atoms with E-state index in [9.17, 15) is 9.59 Å². The zero-order valence-corrected chi connectivity index (χ0v) is 22.3. The summed E-state index contributed by atoms with van der Waals surface area (Å²) in [7, 11) is 0. The van der Waals surface area contributed by atoms with E-state index in [1.807, 2.05) is 49.4 Å². The largest absolute Gasteiger partial charge is 0.490 e. The number of rotatable bonds is 11. The number of thioether (sulfide) groups is 1. The van der Waals surface area contributed by atoms with E-state index in [4.69, 9.17) is 26.4 Å². The highest BCUT2D eigenvalue weighted by Gasteiger charge is 2.31. The number of hydrogen-bond donors (Lipinski definition) is 0. The third kappa shape index (κ3) is 7.32. The zero-order chi connectivity index (χ0) is 24.5. The van der Waals surface area contributed by atoms with Crippen molar-refractivity contribution in [3.63, 3.8) is 0 Å². The van der Waals surface area contributed by atoms with E-state index in [1.165, 1.54) is 16.7 Å². The van der Waals surface area contributed by atoms with Crippen LogP contribution >= 0.6 is 39.9 Å². The number of carbonyl (C=O) groups is 2. The molecule has 1 aliphatic heterocycles. The molecule has 0 radical (unpaired) electrons. The van der Waals surface area contributed by atoms with Crippen LogP contribution in [0.3, 0.4) is 0 Å². The Hall–Kier alpha value is -2.36. The molecule has 1 amide bonds. The van der Waals surface area contributed by atoms with Gasteiger partial charge in [-0.2, -0.15) is 0 Å². The van der Waals surface area contributed by atoms with Crippen LogP contribution in [0.25, 0.3) is 6.08 Å². The summed E-state index contributed by atoms with van der Waals surface area (Å²) in [4.78, 5) is 26.5. The summed E-state index contributed by atoms with van der Waals surface area (Å²) in [5.74, 6) is 0.808. The Labute approximate surface area is 217 Å². The number of thiocarbonyl (C=S) groups is 1. The summed E-state index contributed by atoms with van der Waals surface area (Å²) in [6.07, 6.45) is 2.55. The average Bonchev–Trinajstić information content (AvgIpc) is 3.06. The lowest BCUT2D eigenvalue weighted by Gasteiger charge is -2.14. The van der Waals surface area contributed by atoms with Crippen molar-refractivity contribution >= 4 is 62.2 Å². The fourth-order valence-corrected chi connectivity index (χ4v) is 5.00. The van der Waals surface area contributed by atoms with Crippen molar-refractivity contribution in [2.45, 2.75) is 33.3 Å². The first-order valence-electron chi connectivity index (χ1n) is 11.0. The van der Waals surface area contributed by atoms with E-state index in [1.54, 1.807) is 13.0 Å². The van der Waals surface area contributed by atoms with Gasteiger partial charge in [0.1, 0.15) is 10.9 Å². The van der Waals surface area contributed by atoms with E-state index in [0.717, 1.165) is 15.6 Å². The summed E-state index contributed by atoms with van der Waals surface area (Å²) >= 11 is 10.1. The summed E-state index contributed by atoms with van der Waals surface area (Å²) < 4.78 is 18.2. The van der Waals surface area contributed by atoms with Crippen molar-refractivity contribution < 1.29 is 23.8 Å². The molecule has 1 fully saturated rings. The summed E-state index contributed by atoms with van der Waals surface area (Å²) in [6, 6.07) is 13.5. The van der Waals surface area contributed by atoms with Crippen LogP contribution in [0.2, 0.25) is 0 Å². The number of benzene rings is 2. The Morgan fingerprint density at radius 3 is 2.68 bits per heavy atom. The molecule has 0 aromatic heterocycles. The minimum atomic E-state index is -0.269. The number of hydrogen-bond acceptors (Lipinski definition) is 7. The molecule has 9 heteroatoms. The summed E-state index contributed by atoms with van der Waals surface area (Å²) in [5, 5.41) is 0. The quantitative estimate of drug-likeness (QED) is 0.189. The number of halogens is 1. The Kier molecular flexibility index (Phi) is 9.98. The van der Waals surface area contributed by atoms with Crippen LogP contribution < -0.4 is 9.47 Å². The normalized spacial score (nSPS) is 14.6. The van der Waals surface area contributed by atoms with Crippen LogP contribution in [-0.4, -0.2) is 40.9 Å². The van der Waals surface area contributed by atoms with Crippen molar-refractivity contribution in [3.05, 3.63) is 63.0 Å². The van der Waals surface area contributed by atoms with Gasteiger partial charge in [-0.15, -0.1) is 0 Å². The van der Waals surface area contributed by atoms with Gasteiger partial charge in [0.05, 0.1) is 18.1 Å². The summed E-state index contributed by atoms with van der Waals surface area (Å²) in [6.45, 7) is 5.30. The molecule has 6 nitrogen and oxygen atoms in total. The fraction of sp³-hybridized carbons (Fsp3) is 0.320. The maximum Gasteiger partial charge on any atom is 0.305 e. The first-order chi connectivity index (χ1) is 16.4. The Bertz CT molecular complexity index is 1090. The first kappa shape index (κ1) is 26.2. The number of nitrogens with zero attached hydrogens (tertiary/aromatic N) is 1. The van der Waals surface area contributed by atoms with E-state index >= 15 is 0 Å². The smallest absolute Gasteiger partial charge is 0.305 e. The molecule has 0 spiro atoms. The SMILES string of the molecule is CCOC(=O)CCCN1C(=O)/C(=C\c2ccc(OCc3cccc(Br)c3)c(OCC)c2)SC1=S. The van der Waals surface area contributed by atoms with Crippen molar-refractivity contribution in [1.29, 1.82) is 0 Å². The predicted molar refractivity (Wildman–Crippen MR) is 142 cm³/mol. The van der Waals surface area contributed by atoms with Gasteiger partial charge >= 0.3 is 5.97 Å². The molecule has 0 atom stereocenters. The lowest BCUT2D eigenvalue weighted by atomic mass is 10.1. The highest BCUT2D eigenvalue weighted by atomic mass is 79.9. The van der Waals surface area contributed by atoms with E-state index in [-0.39, 0.29) is 18.3 Å². The van der Waals surface area contributed by atoms with Gasteiger partial charge in [0, 0.05) is 17.4 Å². The van der Waals surface area contributed by atoms with E-state index in [0.29, 0.717) is 53.5 Å². The minimum Gasteiger partial charge on any atom is -0.490 e. The molecule has 1 heterocycles. The second kappa shape index (κ2) is 12.9. The zero-order valence-electron chi connectivity index (χ0n) is 19.0. The van der Waals surface area contributed by atoms with Gasteiger partial charge in [0.25, 0.3) is 5.91 Å². The molecule has 0 bridgehead atoms. The summed E-state index contributed by atoms with van der Waals surface area (Å²) in [5.41, 5.74) is 1.85. The minimum absolute atomic E-state index is 0.160. The number of esters is 1. The van der Waals surface area contributed by atoms with Gasteiger partial charge in [-0.1, -0.05) is 58.1 Å². The van der Waals surface area contributed by atoms with Crippen molar-refractivity contribution in [2.75, 3.05) is 19.8 Å². The van der Waals surface area contributed by atoms with E-state index < -0.39 is 0 Å². The molecule has 0 unspecified atom stereocenters. The van der Waals surface area contributed by atoms with Crippen LogP contribution in [0.4, 0.5) is 0 Å². The highest BCUT2D eigenvalue weighted by molar-refractivity contribution is 9.10.